The Morgan fingerprint density at radius 2 is 1.22 bits per heavy atom. The van der Waals surface area contributed by atoms with Crippen LogP contribution < -0.4 is 47.5 Å². The predicted molar refractivity (Wildman–Crippen MR) is 10.5 cm³/mol. The van der Waals surface area contributed by atoms with E-state index in [1.165, 1.54) is 0 Å². The van der Waals surface area contributed by atoms with E-state index in [4.69, 9.17) is 22.9 Å². The Morgan fingerprint density at radius 1 is 1.22 bits per heavy atom. The summed E-state index contributed by atoms with van der Waals surface area (Å²) in [6, 6.07) is 0. The molecule has 0 saturated heterocycles. The Morgan fingerprint density at radius 3 is 1.22 bits per heavy atom. The van der Waals surface area contributed by atoms with Gasteiger partial charge in [0.15, 0.2) is 0 Å². The third-order valence-electron chi connectivity index (χ3n) is 0. The molecule has 1 N–H and O–H groups in total. The van der Waals surface area contributed by atoms with Crippen LogP contribution in [0.1, 0.15) is 0 Å². The van der Waals surface area contributed by atoms with E-state index in [9.17, 15) is 0 Å². The normalized spacial score (nSPS) is 6.89. The monoisotopic (exact) mass is 177 g/mol. The van der Waals surface area contributed by atoms with Crippen LogP contribution in [0.25, 0.3) is 0 Å². The summed E-state index contributed by atoms with van der Waals surface area (Å²) in [7, 11) is -5.14. The summed E-state index contributed by atoms with van der Waals surface area (Å²) in [5.41, 5.74) is 0. The molecule has 0 spiro atoms. The van der Waals surface area contributed by atoms with Gasteiger partial charge in [0.25, 0.3) is 0 Å². The summed E-state index contributed by atoms with van der Waals surface area (Å²) >= 11 is 1.06. The van der Waals surface area contributed by atoms with Crippen molar-refractivity contribution >= 4 is 7.82 Å². The molecule has 0 rings (SSSR count). The predicted octanol–water partition coefficient (Wildman–Crippen LogP) is -8.31. The van der Waals surface area contributed by atoms with Crippen LogP contribution in [0.2, 0.25) is 0 Å². The van der Waals surface area contributed by atoms with Crippen LogP contribution in [0.3, 0.4) is 0 Å². The Balaban J connectivity index is -0.0000000286. The summed E-state index contributed by atoms with van der Waals surface area (Å²) in [4.78, 5) is 24.3. The zero-order valence-corrected chi connectivity index (χ0v) is 7.27. The summed E-state index contributed by atoms with van der Waals surface area (Å²) in [5.74, 6) is 0. The molecule has 0 aliphatic heterocycles. The van der Waals surface area contributed by atoms with Crippen LogP contribution in [-0.4, -0.2) is 4.89 Å². The minimum atomic E-state index is -5.14. The van der Waals surface area contributed by atoms with Crippen LogP contribution in [0, 0.1) is 0 Å². The van der Waals surface area contributed by atoms with Crippen molar-refractivity contribution in [3.8, 4) is 0 Å². The van der Waals surface area contributed by atoms with Crippen molar-refractivity contribution in [2.24, 2.45) is 0 Å². The van der Waals surface area contributed by atoms with Gasteiger partial charge in [0.1, 0.15) is 0 Å². The molecule has 0 fully saturated rings. The van der Waals surface area contributed by atoms with Crippen LogP contribution in [0.4, 0.5) is 0 Å². The van der Waals surface area contributed by atoms with Crippen molar-refractivity contribution in [2.45, 2.75) is 0 Å². The van der Waals surface area contributed by atoms with Gasteiger partial charge in [-0.25, -0.2) is 0 Å². The second-order valence-corrected chi connectivity index (χ2v) is 1.41. The van der Waals surface area contributed by atoms with Gasteiger partial charge in [0, 0.05) is 0 Å². The van der Waals surface area contributed by atoms with E-state index < -0.39 is 7.82 Å². The molecule has 43 valence electrons. The fourth-order valence-electron chi connectivity index (χ4n) is 0. The minimum absolute atomic E-state index is 0. The number of hydrogen-bond acceptors (Lipinski definition) is 4. The van der Waals surface area contributed by atoms with Crippen LogP contribution in [-0.2, 0) is 25.6 Å². The third-order valence-corrected chi connectivity index (χ3v) is 0. The fraction of sp³-hybridized carbons (Fsp3) is 0. The van der Waals surface area contributed by atoms with E-state index in [-0.39, 0.29) is 37.7 Å². The average Bonchev–Trinajstić information content (AvgIpc) is 1.36. The van der Waals surface area contributed by atoms with Gasteiger partial charge in [0.05, 0.1) is 7.82 Å². The first-order chi connectivity index (χ1) is 3.00. The van der Waals surface area contributed by atoms with Crippen molar-refractivity contribution in [3.05, 3.63) is 0 Å². The van der Waals surface area contributed by atoms with Gasteiger partial charge in [0.2, 0.25) is 0 Å². The summed E-state index contributed by atoms with van der Waals surface area (Å²) in [5, 5.41) is 0. The second kappa shape index (κ2) is 12.4. The van der Waals surface area contributed by atoms with Gasteiger partial charge in [-0.2, -0.15) is 0 Å². The maximum atomic E-state index is 8.66. The molecule has 0 aliphatic carbocycles. The molecular formula is HLi2O5PV. The van der Waals surface area contributed by atoms with Gasteiger partial charge >= 0.3 is 58.8 Å². The van der Waals surface area contributed by atoms with Gasteiger partial charge < -0.3 is 19.2 Å². The van der Waals surface area contributed by atoms with Gasteiger partial charge in [-0.1, -0.05) is 0 Å². The van der Waals surface area contributed by atoms with E-state index in [0.717, 1.165) is 17.4 Å². The number of rotatable bonds is 0. The molecule has 0 aliphatic rings. The van der Waals surface area contributed by atoms with E-state index in [2.05, 4.69) is 0 Å². The van der Waals surface area contributed by atoms with Crippen molar-refractivity contribution in [1.29, 1.82) is 0 Å². The molecule has 0 unspecified atom stereocenters. The van der Waals surface area contributed by atoms with Crippen LogP contribution in [0.15, 0.2) is 0 Å². The molecule has 0 aromatic heterocycles. The zero-order chi connectivity index (χ0) is 6.50. The van der Waals surface area contributed by atoms with E-state index >= 15 is 0 Å². The number of hydrogen-bond donors (Lipinski definition) is 1. The Bertz CT molecular complexity index is 70.8. The SMILES string of the molecule is O=P([O-])([O-])O.[Li+].[Li+].[O]=[V]. The van der Waals surface area contributed by atoms with Crippen molar-refractivity contribution in [2.75, 3.05) is 0 Å². The van der Waals surface area contributed by atoms with Crippen LogP contribution in [0.5, 0.6) is 0 Å². The molecule has 9 heteroatoms. The molecule has 0 aromatic carbocycles. The standard InChI is InChI=1S/2Li.H3O4P.O.V/c;;1-5(2,3)4;;/h;;(H3,1,2,3,4);;/q2*+1;;;/p-2. The van der Waals surface area contributed by atoms with E-state index in [1.807, 2.05) is 0 Å². The molecule has 5 nitrogen and oxygen atoms in total. The first-order valence-corrected chi connectivity index (χ1v) is 3.00. The van der Waals surface area contributed by atoms with Gasteiger partial charge in [-0.15, -0.1) is 0 Å². The summed E-state index contributed by atoms with van der Waals surface area (Å²) < 4.78 is 16.8. The first-order valence-electron chi connectivity index (χ1n) is 0.930. The van der Waals surface area contributed by atoms with Crippen molar-refractivity contribution in [1.82, 2.24) is 0 Å². The van der Waals surface area contributed by atoms with Crippen molar-refractivity contribution in [3.63, 3.8) is 0 Å². The zero-order valence-electron chi connectivity index (χ0n) is 4.97. The Hall–Kier alpha value is 1.69. The first kappa shape index (κ1) is 22.4. The van der Waals surface area contributed by atoms with Crippen LogP contribution >= 0.6 is 7.82 Å². The number of phosphoric acid groups is 1. The molecule has 0 saturated carbocycles. The molecule has 0 bridgehead atoms. The second-order valence-electron chi connectivity index (χ2n) is 0.469. The van der Waals surface area contributed by atoms with Gasteiger partial charge in [-0.05, 0) is 0 Å². The molecule has 0 amide bonds. The van der Waals surface area contributed by atoms with Crippen molar-refractivity contribution < 1.29 is 78.0 Å². The van der Waals surface area contributed by atoms with E-state index in [1.54, 1.807) is 0 Å². The molecule has 0 aromatic rings. The summed E-state index contributed by atoms with van der Waals surface area (Å²) in [6.45, 7) is 0. The van der Waals surface area contributed by atoms with E-state index in [0.29, 0.717) is 0 Å². The molecular weight excluding hydrogens is 176 g/mol. The maximum absolute atomic E-state index is 8.66. The molecule has 0 radical (unpaired) electrons. The fourth-order valence-corrected chi connectivity index (χ4v) is 0. The van der Waals surface area contributed by atoms with Gasteiger partial charge in [-0.3, -0.25) is 0 Å². The average molecular weight is 177 g/mol. The Kier molecular flexibility index (Phi) is 30.8. The molecule has 0 heterocycles. The Labute approximate surface area is 85.4 Å². The quantitative estimate of drug-likeness (QED) is 0.292. The molecule has 0 atom stereocenters. The topological polar surface area (TPSA) is 100 Å². The summed E-state index contributed by atoms with van der Waals surface area (Å²) in [6.07, 6.45) is 0. The third kappa shape index (κ3) is 201. The molecule has 9 heavy (non-hydrogen) atoms.